The highest BCUT2D eigenvalue weighted by Gasteiger charge is 2.23. The maximum absolute atomic E-state index is 12.8. The minimum Gasteiger partial charge on any atom is -0.495 e. The zero-order valence-corrected chi connectivity index (χ0v) is 19.5. The van der Waals surface area contributed by atoms with E-state index in [1.165, 1.54) is 29.1 Å². The van der Waals surface area contributed by atoms with Crippen LogP contribution in [0.5, 0.6) is 11.5 Å². The van der Waals surface area contributed by atoms with Crippen molar-refractivity contribution in [3.63, 3.8) is 0 Å². The van der Waals surface area contributed by atoms with Crippen LogP contribution < -0.4 is 14.8 Å². The Labute approximate surface area is 185 Å². The van der Waals surface area contributed by atoms with Gasteiger partial charge in [-0.15, -0.1) is 0 Å². The van der Waals surface area contributed by atoms with Gasteiger partial charge in [-0.25, -0.2) is 8.42 Å². The molecule has 0 saturated heterocycles. The van der Waals surface area contributed by atoms with Gasteiger partial charge in [-0.1, -0.05) is 32.9 Å². The summed E-state index contributed by atoms with van der Waals surface area (Å²) in [4.78, 5) is 12.5. The molecule has 2 aromatic carbocycles. The van der Waals surface area contributed by atoms with Crippen LogP contribution >= 0.6 is 0 Å². The highest BCUT2D eigenvalue weighted by atomic mass is 32.2. The Hall–Kier alpha value is -2.58. The maximum Gasteiger partial charge on any atom is 0.243 e. The number of ether oxygens (including phenoxy) is 2. The summed E-state index contributed by atoms with van der Waals surface area (Å²) < 4.78 is 37.9. The fourth-order valence-corrected chi connectivity index (χ4v) is 4.60. The summed E-state index contributed by atoms with van der Waals surface area (Å²) in [6.45, 7) is 6.81. The standard InChI is InChI=1S/C23H32N2O5S/c1-5-18-10-12-19(13-11-18)30-16-8-9-23(26)24-21-17-20(14-15-22(21)29-4)31(27,28)25(6-2)7-3/h10-15,17H,5-9,16H2,1-4H3,(H,24,26). The van der Waals surface area contributed by atoms with Crippen LogP contribution in [0.4, 0.5) is 5.69 Å². The normalized spacial score (nSPS) is 11.4. The number of benzene rings is 2. The lowest BCUT2D eigenvalue weighted by Gasteiger charge is -2.19. The van der Waals surface area contributed by atoms with Crippen molar-refractivity contribution in [1.29, 1.82) is 0 Å². The summed E-state index contributed by atoms with van der Waals surface area (Å²) in [5.74, 6) is 0.938. The lowest BCUT2D eigenvalue weighted by molar-refractivity contribution is -0.116. The smallest absolute Gasteiger partial charge is 0.243 e. The lowest BCUT2D eigenvalue weighted by Crippen LogP contribution is -2.30. The van der Waals surface area contributed by atoms with Crippen molar-refractivity contribution in [3.05, 3.63) is 48.0 Å². The van der Waals surface area contributed by atoms with Crippen LogP contribution in [0.3, 0.4) is 0 Å². The van der Waals surface area contributed by atoms with Crippen LogP contribution in [0.25, 0.3) is 0 Å². The third kappa shape index (κ3) is 6.70. The molecular formula is C23H32N2O5S. The zero-order valence-electron chi connectivity index (χ0n) is 18.7. The third-order valence-corrected chi connectivity index (χ3v) is 6.98. The quantitative estimate of drug-likeness (QED) is 0.495. The second kappa shape index (κ2) is 11.7. The van der Waals surface area contributed by atoms with Crippen LogP contribution in [-0.4, -0.2) is 45.4 Å². The minimum atomic E-state index is -3.63. The van der Waals surface area contributed by atoms with Gasteiger partial charge in [0, 0.05) is 19.5 Å². The number of aryl methyl sites for hydroxylation is 1. The average Bonchev–Trinajstić information content (AvgIpc) is 2.77. The number of methoxy groups -OCH3 is 1. The van der Waals surface area contributed by atoms with E-state index < -0.39 is 10.0 Å². The second-order valence-corrected chi connectivity index (χ2v) is 8.89. The van der Waals surface area contributed by atoms with E-state index in [1.54, 1.807) is 19.9 Å². The predicted molar refractivity (Wildman–Crippen MR) is 122 cm³/mol. The fourth-order valence-electron chi connectivity index (χ4n) is 3.11. The summed E-state index contributed by atoms with van der Waals surface area (Å²) in [5.41, 5.74) is 1.57. The first-order valence-corrected chi connectivity index (χ1v) is 12.0. The van der Waals surface area contributed by atoms with Crippen LogP contribution in [0.15, 0.2) is 47.4 Å². The summed E-state index contributed by atoms with van der Waals surface area (Å²) in [6, 6.07) is 12.4. The molecule has 0 aliphatic heterocycles. The molecule has 0 radical (unpaired) electrons. The molecule has 1 N–H and O–H groups in total. The number of sulfonamides is 1. The van der Waals surface area contributed by atoms with Crippen LogP contribution in [0, 0.1) is 0 Å². The van der Waals surface area contributed by atoms with Crippen molar-refractivity contribution in [2.75, 3.05) is 32.1 Å². The molecule has 170 valence electrons. The Balaban J connectivity index is 1.98. The van der Waals surface area contributed by atoms with Crippen LogP contribution in [-0.2, 0) is 21.2 Å². The van der Waals surface area contributed by atoms with E-state index >= 15 is 0 Å². The molecule has 2 aromatic rings. The van der Waals surface area contributed by atoms with Gasteiger partial charge in [0.2, 0.25) is 15.9 Å². The monoisotopic (exact) mass is 448 g/mol. The van der Waals surface area contributed by atoms with E-state index in [2.05, 4.69) is 12.2 Å². The molecule has 2 rings (SSSR count). The van der Waals surface area contributed by atoms with Crippen molar-refractivity contribution in [2.24, 2.45) is 0 Å². The number of carbonyl (C=O) groups is 1. The Morgan fingerprint density at radius 3 is 2.29 bits per heavy atom. The third-order valence-electron chi connectivity index (χ3n) is 4.94. The van der Waals surface area contributed by atoms with Crippen molar-refractivity contribution in [2.45, 2.75) is 44.9 Å². The predicted octanol–water partition coefficient (Wildman–Crippen LogP) is 4.09. The van der Waals surface area contributed by atoms with Crippen molar-refractivity contribution < 1.29 is 22.7 Å². The molecule has 0 heterocycles. The van der Waals surface area contributed by atoms with E-state index in [1.807, 2.05) is 24.3 Å². The topological polar surface area (TPSA) is 84.9 Å². The number of amides is 1. The Bertz CT molecular complexity index is 954. The molecular weight excluding hydrogens is 416 g/mol. The molecule has 1 amide bonds. The molecule has 31 heavy (non-hydrogen) atoms. The maximum atomic E-state index is 12.8. The Kier molecular flexibility index (Phi) is 9.33. The van der Waals surface area contributed by atoms with Crippen LogP contribution in [0.1, 0.15) is 39.2 Å². The van der Waals surface area contributed by atoms with Gasteiger partial charge in [-0.2, -0.15) is 4.31 Å². The van der Waals surface area contributed by atoms with Gasteiger partial charge in [0.15, 0.2) is 0 Å². The molecule has 7 nitrogen and oxygen atoms in total. The second-order valence-electron chi connectivity index (χ2n) is 6.95. The SMILES string of the molecule is CCc1ccc(OCCCC(=O)Nc2cc(S(=O)(=O)N(CC)CC)ccc2OC)cc1. The minimum absolute atomic E-state index is 0.117. The number of rotatable bonds is 12. The number of carbonyl (C=O) groups excluding carboxylic acids is 1. The molecule has 0 saturated carbocycles. The lowest BCUT2D eigenvalue weighted by atomic mass is 10.2. The van der Waals surface area contributed by atoms with Gasteiger partial charge in [-0.05, 0) is 48.7 Å². The zero-order chi connectivity index (χ0) is 22.9. The van der Waals surface area contributed by atoms with Gasteiger partial charge in [-0.3, -0.25) is 4.79 Å². The number of nitrogens with one attached hydrogen (secondary N) is 1. The van der Waals surface area contributed by atoms with Gasteiger partial charge >= 0.3 is 0 Å². The van der Waals surface area contributed by atoms with E-state index in [-0.39, 0.29) is 17.2 Å². The first-order valence-electron chi connectivity index (χ1n) is 10.5. The first-order chi connectivity index (χ1) is 14.8. The first kappa shape index (κ1) is 24.7. The van der Waals surface area contributed by atoms with Crippen molar-refractivity contribution >= 4 is 21.6 Å². The number of hydrogen-bond acceptors (Lipinski definition) is 5. The molecule has 0 aliphatic carbocycles. The summed E-state index contributed by atoms with van der Waals surface area (Å²) >= 11 is 0. The molecule has 8 heteroatoms. The van der Waals surface area contributed by atoms with Gasteiger partial charge in [0.1, 0.15) is 11.5 Å². The fraction of sp³-hybridized carbons (Fsp3) is 0.435. The van der Waals surface area contributed by atoms with Crippen LogP contribution in [0.2, 0.25) is 0 Å². The van der Waals surface area contributed by atoms with Gasteiger partial charge < -0.3 is 14.8 Å². The van der Waals surface area contributed by atoms with Crippen molar-refractivity contribution in [1.82, 2.24) is 4.31 Å². The Morgan fingerprint density at radius 2 is 1.71 bits per heavy atom. The molecule has 0 aliphatic rings. The van der Waals surface area contributed by atoms with E-state index in [0.717, 1.165) is 12.2 Å². The number of hydrogen-bond donors (Lipinski definition) is 1. The van der Waals surface area contributed by atoms with E-state index in [9.17, 15) is 13.2 Å². The molecule has 0 unspecified atom stereocenters. The molecule has 0 atom stereocenters. The van der Waals surface area contributed by atoms with E-state index in [0.29, 0.717) is 37.6 Å². The van der Waals surface area contributed by atoms with Crippen molar-refractivity contribution in [3.8, 4) is 11.5 Å². The van der Waals surface area contributed by atoms with E-state index in [4.69, 9.17) is 9.47 Å². The largest absolute Gasteiger partial charge is 0.495 e. The molecule has 0 bridgehead atoms. The molecule has 0 aromatic heterocycles. The summed E-state index contributed by atoms with van der Waals surface area (Å²) in [5, 5.41) is 2.76. The molecule has 0 spiro atoms. The number of nitrogens with zero attached hydrogens (tertiary/aromatic N) is 1. The Morgan fingerprint density at radius 1 is 1.03 bits per heavy atom. The molecule has 0 fully saturated rings. The number of anilines is 1. The van der Waals surface area contributed by atoms with Gasteiger partial charge in [0.05, 0.1) is 24.3 Å². The highest BCUT2D eigenvalue weighted by molar-refractivity contribution is 7.89. The highest BCUT2D eigenvalue weighted by Crippen LogP contribution is 2.29. The summed E-state index contributed by atoms with van der Waals surface area (Å²) in [6.07, 6.45) is 1.74. The average molecular weight is 449 g/mol. The summed E-state index contributed by atoms with van der Waals surface area (Å²) in [7, 11) is -2.16. The van der Waals surface area contributed by atoms with Gasteiger partial charge in [0.25, 0.3) is 0 Å².